The number of sulfonamides is 1. The molecule has 5 heteroatoms. The molecule has 0 bridgehead atoms. The van der Waals surface area contributed by atoms with Crippen LogP contribution in [0.2, 0.25) is 5.02 Å². The van der Waals surface area contributed by atoms with Crippen LogP contribution in [-0.2, 0) is 22.9 Å². The van der Waals surface area contributed by atoms with E-state index in [0.717, 1.165) is 38.5 Å². The fraction of sp³-hybridized carbons (Fsp3) is 0.259. The maximum Gasteiger partial charge on any atom is 0.240 e. The lowest BCUT2D eigenvalue weighted by Crippen LogP contribution is -2.36. The summed E-state index contributed by atoms with van der Waals surface area (Å²) in [5, 5.41) is 0.527. The summed E-state index contributed by atoms with van der Waals surface area (Å²) >= 11 is 5.93. The van der Waals surface area contributed by atoms with Crippen molar-refractivity contribution >= 4 is 27.2 Å². The van der Waals surface area contributed by atoms with Crippen LogP contribution in [0.4, 0.5) is 0 Å². The second kappa shape index (κ2) is 8.86. The van der Waals surface area contributed by atoms with Gasteiger partial charge in [-0.1, -0.05) is 65.7 Å². The summed E-state index contributed by atoms with van der Waals surface area (Å²) in [5.74, 6) is 0. The van der Waals surface area contributed by atoms with Gasteiger partial charge >= 0.3 is 0 Å². The van der Waals surface area contributed by atoms with Crippen molar-refractivity contribution in [1.29, 1.82) is 0 Å². The monoisotopic (exact) mass is 463 g/mol. The topological polar surface area (TPSA) is 46.2 Å². The summed E-state index contributed by atoms with van der Waals surface area (Å²) in [6, 6.07) is 23.6. The first-order valence-electron chi connectivity index (χ1n) is 11.2. The summed E-state index contributed by atoms with van der Waals surface area (Å²) in [4.78, 5) is 0.256. The van der Waals surface area contributed by atoms with Crippen molar-refractivity contribution in [2.75, 3.05) is 0 Å². The minimum atomic E-state index is -3.59. The maximum absolute atomic E-state index is 13.0. The second-order valence-electron chi connectivity index (χ2n) is 8.66. The molecule has 3 aromatic carbocycles. The van der Waals surface area contributed by atoms with Crippen molar-refractivity contribution in [3.8, 4) is 0 Å². The molecular formula is C27H26ClNO2S. The molecule has 1 unspecified atom stereocenters. The van der Waals surface area contributed by atoms with E-state index in [2.05, 4.69) is 53.3 Å². The number of nitrogens with one attached hydrogen (secondary N) is 1. The van der Waals surface area contributed by atoms with E-state index in [-0.39, 0.29) is 10.9 Å². The zero-order valence-electron chi connectivity index (χ0n) is 17.9. The molecule has 1 saturated carbocycles. The second-order valence-corrected chi connectivity index (χ2v) is 10.8. The minimum Gasteiger partial charge on any atom is -0.208 e. The smallest absolute Gasteiger partial charge is 0.208 e. The molecule has 2 aliphatic carbocycles. The fourth-order valence-electron chi connectivity index (χ4n) is 5.05. The number of fused-ring (bicyclic) bond motifs is 2. The van der Waals surface area contributed by atoms with Gasteiger partial charge in [0.2, 0.25) is 10.0 Å². The number of halogens is 1. The van der Waals surface area contributed by atoms with Crippen LogP contribution in [-0.4, -0.2) is 14.5 Å². The molecule has 0 amide bonds. The predicted molar refractivity (Wildman–Crippen MR) is 130 cm³/mol. The Morgan fingerprint density at radius 2 is 1.38 bits per heavy atom. The van der Waals surface area contributed by atoms with Crippen molar-refractivity contribution < 1.29 is 8.42 Å². The lowest BCUT2D eigenvalue weighted by molar-refractivity contribution is 0.473. The van der Waals surface area contributed by atoms with Crippen LogP contribution in [0, 0.1) is 0 Å². The first kappa shape index (κ1) is 21.4. The number of hydrogen-bond acceptors (Lipinski definition) is 2. The Hall–Kier alpha value is -2.40. The molecule has 164 valence electrons. The predicted octanol–water partition coefficient (Wildman–Crippen LogP) is 6.16. The van der Waals surface area contributed by atoms with Crippen LogP contribution in [0.5, 0.6) is 0 Å². The normalized spacial score (nSPS) is 18.6. The molecule has 3 nitrogen and oxygen atoms in total. The summed E-state index contributed by atoms with van der Waals surface area (Å²) < 4.78 is 28.9. The third-order valence-corrected chi connectivity index (χ3v) is 8.35. The lowest BCUT2D eigenvalue weighted by atomic mass is 9.82. The molecule has 5 rings (SSSR count). The number of aryl methyl sites for hydroxylation is 2. The Bertz CT molecular complexity index is 1230. The number of rotatable bonds is 3. The molecule has 0 saturated heterocycles. The Balaban J connectivity index is 1.52. The average Bonchev–Trinajstić information content (AvgIpc) is 2.96. The van der Waals surface area contributed by atoms with Gasteiger partial charge in [-0.3, -0.25) is 0 Å². The molecule has 0 radical (unpaired) electrons. The van der Waals surface area contributed by atoms with Gasteiger partial charge in [-0.25, -0.2) is 13.1 Å². The Morgan fingerprint density at radius 1 is 0.781 bits per heavy atom. The van der Waals surface area contributed by atoms with Gasteiger partial charge in [0.1, 0.15) is 0 Å². The SMILES string of the molecule is O=S(=O)(NC1CCCC(=C2c3ccccc3CCc3ccccc32)C1)c1ccc(Cl)cc1. The van der Waals surface area contributed by atoms with E-state index in [0.29, 0.717) is 5.02 Å². The van der Waals surface area contributed by atoms with Gasteiger partial charge in [0.25, 0.3) is 0 Å². The third-order valence-electron chi connectivity index (χ3n) is 6.56. The van der Waals surface area contributed by atoms with E-state index in [4.69, 9.17) is 11.6 Å². The highest BCUT2D eigenvalue weighted by Gasteiger charge is 2.28. The molecule has 0 aliphatic heterocycles. The Kier molecular flexibility index (Phi) is 5.93. The zero-order valence-corrected chi connectivity index (χ0v) is 19.4. The Labute approximate surface area is 195 Å². The summed E-state index contributed by atoms with van der Waals surface area (Å²) in [7, 11) is -3.59. The highest BCUT2D eigenvalue weighted by Crippen LogP contribution is 2.40. The summed E-state index contributed by atoms with van der Waals surface area (Å²) in [6.45, 7) is 0. The van der Waals surface area contributed by atoms with Crippen LogP contribution in [0.1, 0.15) is 47.9 Å². The lowest BCUT2D eigenvalue weighted by Gasteiger charge is -2.28. The summed E-state index contributed by atoms with van der Waals surface area (Å²) in [6.07, 6.45) is 5.58. The largest absolute Gasteiger partial charge is 0.240 e. The van der Waals surface area contributed by atoms with E-state index in [1.807, 2.05) is 0 Å². The molecule has 0 heterocycles. The average molecular weight is 464 g/mol. The van der Waals surface area contributed by atoms with Gasteiger partial charge in [-0.15, -0.1) is 0 Å². The van der Waals surface area contributed by atoms with Crippen molar-refractivity contribution in [2.45, 2.75) is 49.5 Å². The van der Waals surface area contributed by atoms with Crippen LogP contribution < -0.4 is 4.72 Å². The van der Waals surface area contributed by atoms with E-state index in [9.17, 15) is 8.42 Å². The van der Waals surface area contributed by atoms with Crippen LogP contribution in [0.3, 0.4) is 0 Å². The van der Waals surface area contributed by atoms with Gasteiger partial charge in [0.05, 0.1) is 4.90 Å². The van der Waals surface area contributed by atoms with Gasteiger partial charge in [0, 0.05) is 11.1 Å². The highest BCUT2D eigenvalue weighted by molar-refractivity contribution is 7.89. The van der Waals surface area contributed by atoms with E-state index in [1.54, 1.807) is 24.3 Å². The maximum atomic E-state index is 13.0. The first-order chi connectivity index (χ1) is 15.5. The van der Waals surface area contributed by atoms with Gasteiger partial charge in [0.15, 0.2) is 0 Å². The van der Waals surface area contributed by atoms with Crippen LogP contribution in [0.25, 0.3) is 5.57 Å². The molecule has 32 heavy (non-hydrogen) atoms. The molecule has 1 N–H and O–H groups in total. The van der Waals surface area contributed by atoms with Crippen LogP contribution >= 0.6 is 11.6 Å². The first-order valence-corrected chi connectivity index (χ1v) is 13.0. The molecule has 1 fully saturated rings. The molecule has 2 aliphatic rings. The molecule has 1 atom stereocenters. The molecule has 0 spiro atoms. The number of hydrogen-bond donors (Lipinski definition) is 1. The van der Waals surface area contributed by atoms with Crippen molar-refractivity contribution in [1.82, 2.24) is 4.72 Å². The van der Waals surface area contributed by atoms with Gasteiger partial charge in [-0.05, 0) is 90.6 Å². The standard InChI is InChI=1S/C27H26ClNO2S/c28-22-14-16-24(17-15-22)32(30,31)29-23-9-5-8-21(18-23)27-25-10-3-1-6-19(25)12-13-20-7-2-4-11-26(20)27/h1-4,6-7,10-11,14-17,23,29H,5,8-9,12-13,18H2. The van der Waals surface area contributed by atoms with Crippen molar-refractivity contribution in [2.24, 2.45) is 0 Å². The molecule has 0 aromatic heterocycles. The Morgan fingerprint density at radius 3 is 2.00 bits per heavy atom. The van der Waals surface area contributed by atoms with E-state index >= 15 is 0 Å². The van der Waals surface area contributed by atoms with E-state index in [1.165, 1.54) is 33.4 Å². The molecule has 3 aromatic rings. The quantitative estimate of drug-likeness (QED) is 0.505. The van der Waals surface area contributed by atoms with Gasteiger partial charge in [-0.2, -0.15) is 0 Å². The number of benzene rings is 3. The molecular weight excluding hydrogens is 438 g/mol. The van der Waals surface area contributed by atoms with Crippen LogP contribution in [0.15, 0.2) is 83.3 Å². The highest BCUT2D eigenvalue weighted by atomic mass is 35.5. The van der Waals surface area contributed by atoms with E-state index < -0.39 is 10.0 Å². The minimum absolute atomic E-state index is 0.116. The zero-order chi connectivity index (χ0) is 22.1. The summed E-state index contributed by atoms with van der Waals surface area (Å²) in [5.41, 5.74) is 8.00. The van der Waals surface area contributed by atoms with Crippen molar-refractivity contribution in [3.05, 3.63) is 106 Å². The van der Waals surface area contributed by atoms with Gasteiger partial charge < -0.3 is 0 Å². The third kappa shape index (κ3) is 4.27. The fourth-order valence-corrected chi connectivity index (χ4v) is 6.45. The van der Waals surface area contributed by atoms with Crippen molar-refractivity contribution in [3.63, 3.8) is 0 Å².